The molecule has 0 amide bonds. The van der Waals surface area contributed by atoms with Crippen molar-refractivity contribution in [1.29, 1.82) is 0 Å². The predicted octanol–water partition coefficient (Wildman–Crippen LogP) is 1.37. The summed E-state index contributed by atoms with van der Waals surface area (Å²) in [5.41, 5.74) is 1.08. The molecule has 76 valence electrons. The van der Waals surface area contributed by atoms with E-state index in [0.29, 0.717) is 10.8 Å². The fourth-order valence-corrected chi connectivity index (χ4v) is 2.29. The van der Waals surface area contributed by atoms with Crippen molar-refractivity contribution in [2.24, 2.45) is 10.8 Å². The minimum atomic E-state index is 0.533. The van der Waals surface area contributed by atoms with Crippen LogP contribution in [0.1, 0.15) is 33.6 Å². The summed E-state index contributed by atoms with van der Waals surface area (Å²) in [6, 6.07) is 0.768. The van der Waals surface area contributed by atoms with Crippen LogP contribution in [0.4, 0.5) is 0 Å². The second-order valence-corrected chi connectivity index (χ2v) is 5.87. The van der Waals surface area contributed by atoms with E-state index in [1.807, 2.05) is 0 Å². The lowest BCUT2D eigenvalue weighted by Gasteiger charge is -2.48. The Morgan fingerprint density at radius 2 is 2.00 bits per heavy atom. The predicted molar refractivity (Wildman–Crippen MR) is 55.8 cm³/mol. The smallest absolute Gasteiger partial charge is 0.0119 e. The molecule has 2 nitrogen and oxygen atoms in total. The third-order valence-electron chi connectivity index (χ3n) is 3.90. The Bertz CT molecular complexity index is 194. The molecule has 0 aromatic rings. The molecule has 0 radical (unpaired) electrons. The molecule has 1 heterocycles. The maximum absolute atomic E-state index is 3.71. The summed E-state index contributed by atoms with van der Waals surface area (Å²) >= 11 is 0. The van der Waals surface area contributed by atoms with Crippen LogP contribution in [0.2, 0.25) is 0 Å². The lowest BCUT2D eigenvalue weighted by molar-refractivity contribution is 0.0838. The first-order valence-electron chi connectivity index (χ1n) is 5.46. The molecule has 1 aliphatic carbocycles. The van der Waals surface area contributed by atoms with Crippen molar-refractivity contribution >= 4 is 0 Å². The highest BCUT2D eigenvalue weighted by molar-refractivity contribution is 4.97. The van der Waals surface area contributed by atoms with E-state index in [0.717, 1.165) is 6.04 Å². The van der Waals surface area contributed by atoms with E-state index in [1.54, 1.807) is 0 Å². The summed E-state index contributed by atoms with van der Waals surface area (Å²) in [4.78, 5) is 0. The summed E-state index contributed by atoms with van der Waals surface area (Å²) in [5.74, 6) is 0. The molecule has 1 unspecified atom stereocenters. The lowest BCUT2D eigenvalue weighted by Crippen LogP contribution is -2.60. The van der Waals surface area contributed by atoms with Gasteiger partial charge >= 0.3 is 0 Å². The van der Waals surface area contributed by atoms with Crippen molar-refractivity contribution in [3.8, 4) is 0 Å². The molecule has 1 saturated heterocycles. The van der Waals surface area contributed by atoms with E-state index >= 15 is 0 Å². The van der Waals surface area contributed by atoms with Gasteiger partial charge in [-0.3, -0.25) is 0 Å². The molecule has 1 aliphatic heterocycles. The molecule has 2 N–H and O–H groups in total. The van der Waals surface area contributed by atoms with Crippen molar-refractivity contribution in [2.45, 2.75) is 39.7 Å². The zero-order valence-electron chi connectivity index (χ0n) is 9.11. The third kappa shape index (κ3) is 1.75. The van der Waals surface area contributed by atoms with Crippen LogP contribution >= 0.6 is 0 Å². The van der Waals surface area contributed by atoms with Gasteiger partial charge in [-0.15, -0.1) is 0 Å². The van der Waals surface area contributed by atoms with E-state index in [4.69, 9.17) is 0 Å². The van der Waals surface area contributed by atoms with Crippen molar-refractivity contribution in [1.82, 2.24) is 10.6 Å². The summed E-state index contributed by atoms with van der Waals surface area (Å²) in [6.45, 7) is 10.7. The zero-order valence-corrected chi connectivity index (χ0v) is 9.11. The van der Waals surface area contributed by atoms with Gasteiger partial charge in [0.25, 0.3) is 0 Å². The van der Waals surface area contributed by atoms with Crippen LogP contribution < -0.4 is 10.6 Å². The molecule has 13 heavy (non-hydrogen) atoms. The molecule has 2 fully saturated rings. The molecule has 0 aromatic heterocycles. The average molecular weight is 182 g/mol. The van der Waals surface area contributed by atoms with Gasteiger partial charge in [0.2, 0.25) is 0 Å². The first-order valence-corrected chi connectivity index (χ1v) is 5.46. The van der Waals surface area contributed by atoms with Crippen LogP contribution in [0, 0.1) is 10.8 Å². The third-order valence-corrected chi connectivity index (χ3v) is 3.90. The first kappa shape index (κ1) is 9.47. The van der Waals surface area contributed by atoms with Crippen LogP contribution in [-0.4, -0.2) is 25.7 Å². The van der Waals surface area contributed by atoms with Gasteiger partial charge in [-0.25, -0.2) is 0 Å². The van der Waals surface area contributed by atoms with Crippen LogP contribution in [0.5, 0.6) is 0 Å². The second kappa shape index (κ2) is 2.96. The largest absolute Gasteiger partial charge is 0.315 e. The van der Waals surface area contributed by atoms with Crippen molar-refractivity contribution < 1.29 is 0 Å². The minimum absolute atomic E-state index is 0.533. The minimum Gasteiger partial charge on any atom is -0.315 e. The topological polar surface area (TPSA) is 24.1 Å². The number of nitrogens with one attached hydrogen (secondary N) is 2. The quantitative estimate of drug-likeness (QED) is 0.689. The van der Waals surface area contributed by atoms with E-state index in [-0.39, 0.29) is 0 Å². The van der Waals surface area contributed by atoms with E-state index in [2.05, 4.69) is 31.4 Å². The average Bonchev–Trinajstić information content (AvgIpc) is 2.00. The summed E-state index contributed by atoms with van der Waals surface area (Å²) in [5, 5.41) is 7.05. The van der Waals surface area contributed by atoms with Gasteiger partial charge in [0.15, 0.2) is 0 Å². The zero-order chi connectivity index (χ0) is 9.53. The first-order chi connectivity index (χ1) is 6.02. The monoisotopic (exact) mass is 182 g/mol. The summed E-state index contributed by atoms with van der Waals surface area (Å²) < 4.78 is 0. The number of hydrogen-bond donors (Lipinski definition) is 2. The SMILES string of the molecule is CC1(CNC2CCC2(C)C)CNC1. The van der Waals surface area contributed by atoms with Crippen LogP contribution in [0.15, 0.2) is 0 Å². The van der Waals surface area contributed by atoms with Crippen molar-refractivity contribution in [3.05, 3.63) is 0 Å². The summed E-state index contributed by atoms with van der Waals surface area (Å²) in [6.07, 6.45) is 2.76. The highest BCUT2D eigenvalue weighted by Gasteiger charge is 2.40. The molecule has 0 bridgehead atoms. The summed E-state index contributed by atoms with van der Waals surface area (Å²) in [7, 11) is 0. The van der Waals surface area contributed by atoms with Gasteiger partial charge in [0, 0.05) is 31.1 Å². The molecule has 0 aromatic carbocycles. The number of hydrogen-bond acceptors (Lipinski definition) is 2. The maximum Gasteiger partial charge on any atom is 0.0119 e. The Kier molecular flexibility index (Phi) is 2.16. The van der Waals surface area contributed by atoms with Gasteiger partial charge < -0.3 is 10.6 Å². The fourth-order valence-electron chi connectivity index (χ4n) is 2.29. The standard InChI is InChI=1S/C11H22N2/c1-10(2)5-4-9(10)13-8-11(3)6-12-7-11/h9,12-13H,4-8H2,1-3H3. The molecule has 2 rings (SSSR count). The normalized spacial score (nSPS) is 34.8. The van der Waals surface area contributed by atoms with Gasteiger partial charge in [-0.1, -0.05) is 20.8 Å². The Hall–Kier alpha value is -0.0800. The van der Waals surface area contributed by atoms with E-state index in [9.17, 15) is 0 Å². The lowest BCUT2D eigenvalue weighted by atomic mass is 9.67. The molecule has 1 atom stereocenters. The molecule has 0 spiro atoms. The molecule has 2 heteroatoms. The van der Waals surface area contributed by atoms with Crippen LogP contribution in [0.3, 0.4) is 0 Å². The van der Waals surface area contributed by atoms with Gasteiger partial charge in [0.05, 0.1) is 0 Å². The van der Waals surface area contributed by atoms with E-state index < -0.39 is 0 Å². The highest BCUT2D eigenvalue weighted by atomic mass is 15.0. The highest BCUT2D eigenvalue weighted by Crippen LogP contribution is 2.40. The molecular formula is C11H22N2. The Morgan fingerprint density at radius 1 is 1.31 bits per heavy atom. The van der Waals surface area contributed by atoms with E-state index in [1.165, 1.54) is 32.5 Å². The molecule has 2 aliphatic rings. The van der Waals surface area contributed by atoms with Crippen molar-refractivity contribution in [2.75, 3.05) is 19.6 Å². The molecular weight excluding hydrogens is 160 g/mol. The Morgan fingerprint density at radius 3 is 2.31 bits per heavy atom. The Balaban J connectivity index is 1.74. The Labute approximate surface area is 81.5 Å². The molecule has 1 saturated carbocycles. The maximum atomic E-state index is 3.71. The van der Waals surface area contributed by atoms with Gasteiger partial charge in [-0.2, -0.15) is 0 Å². The van der Waals surface area contributed by atoms with Gasteiger partial charge in [-0.05, 0) is 18.3 Å². The van der Waals surface area contributed by atoms with Crippen LogP contribution in [0.25, 0.3) is 0 Å². The van der Waals surface area contributed by atoms with Crippen molar-refractivity contribution in [3.63, 3.8) is 0 Å². The number of rotatable bonds is 3. The fraction of sp³-hybridized carbons (Fsp3) is 1.00. The second-order valence-electron chi connectivity index (χ2n) is 5.87. The van der Waals surface area contributed by atoms with Crippen LogP contribution in [-0.2, 0) is 0 Å². The van der Waals surface area contributed by atoms with Gasteiger partial charge in [0.1, 0.15) is 0 Å².